The highest BCUT2D eigenvalue weighted by Crippen LogP contribution is 2.26. The van der Waals surface area contributed by atoms with Crippen molar-refractivity contribution in [3.05, 3.63) is 54.1 Å². The van der Waals surface area contributed by atoms with Crippen molar-refractivity contribution in [2.24, 2.45) is 0 Å². The van der Waals surface area contributed by atoms with Crippen molar-refractivity contribution in [2.75, 3.05) is 12.4 Å². The number of hydrogen-bond acceptors (Lipinski definition) is 4. The number of esters is 1. The summed E-state index contributed by atoms with van der Waals surface area (Å²) in [5.41, 5.74) is 2.34. The molecule has 2 aromatic rings. The summed E-state index contributed by atoms with van der Waals surface area (Å²) in [5, 5.41) is 2.58. The monoisotopic (exact) mass is 311 g/mol. The molecule has 0 radical (unpaired) electrons. The van der Waals surface area contributed by atoms with Gasteiger partial charge in [0.15, 0.2) is 0 Å². The molecule has 0 saturated carbocycles. The SMILES string of the molecule is COC(=O)c1cc(-c2ccccc2)ccc1NC(=O)CC(C)=O. The Morgan fingerprint density at radius 3 is 2.30 bits per heavy atom. The van der Waals surface area contributed by atoms with Crippen molar-refractivity contribution in [2.45, 2.75) is 13.3 Å². The Kier molecular flexibility index (Phi) is 5.25. The van der Waals surface area contributed by atoms with Crippen LogP contribution in [-0.2, 0) is 14.3 Å². The van der Waals surface area contributed by atoms with Gasteiger partial charge in [-0.3, -0.25) is 9.59 Å². The molecule has 0 heterocycles. The molecule has 1 N–H and O–H groups in total. The molecule has 0 aliphatic carbocycles. The van der Waals surface area contributed by atoms with Gasteiger partial charge in [0.2, 0.25) is 5.91 Å². The van der Waals surface area contributed by atoms with Gasteiger partial charge in [-0.1, -0.05) is 36.4 Å². The lowest BCUT2D eigenvalue weighted by Gasteiger charge is -2.11. The number of hydrogen-bond donors (Lipinski definition) is 1. The number of carbonyl (C=O) groups is 3. The predicted molar refractivity (Wildman–Crippen MR) is 87.1 cm³/mol. The number of rotatable bonds is 5. The third kappa shape index (κ3) is 4.26. The summed E-state index contributed by atoms with van der Waals surface area (Å²) in [7, 11) is 1.28. The van der Waals surface area contributed by atoms with Crippen LogP contribution < -0.4 is 5.32 Å². The smallest absolute Gasteiger partial charge is 0.339 e. The van der Waals surface area contributed by atoms with Gasteiger partial charge in [-0.15, -0.1) is 0 Å². The van der Waals surface area contributed by atoms with Gasteiger partial charge in [0.05, 0.1) is 24.8 Å². The molecular formula is C18H17NO4. The van der Waals surface area contributed by atoms with E-state index < -0.39 is 11.9 Å². The summed E-state index contributed by atoms with van der Waals surface area (Å²) in [5.74, 6) is -1.26. The van der Waals surface area contributed by atoms with Crippen LogP contribution in [0.15, 0.2) is 48.5 Å². The molecule has 2 rings (SSSR count). The van der Waals surface area contributed by atoms with E-state index in [4.69, 9.17) is 4.74 Å². The van der Waals surface area contributed by atoms with E-state index in [9.17, 15) is 14.4 Å². The molecule has 0 aliphatic heterocycles. The number of anilines is 1. The molecule has 0 saturated heterocycles. The Morgan fingerprint density at radius 1 is 1.00 bits per heavy atom. The van der Waals surface area contributed by atoms with Crippen molar-refractivity contribution < 1.29 is 19.1 Å². The van der Waals surface area contributed by atoms with Crippen LogP contribution in [0, 0.1) is 0 Å². The minimum Gasteiger partial charge on any atom is -0.465 e. The van der Waals surface area contributed by atoms with Gasteiger partial charge in [-0.2, -0.15) is 0 Å². The van der Waals surface area contributed by atoms with Crippen LogP contribution in [0.3, 0.4) is 0 Å². The van der Waals surface area contributed by atoms with Crippen LogP contribution in [0.1, 0.15) is 23.7 Å². The lowest BCUT2D eigenvalue weighted by Crippen LogP contribution is -2.17. The second-order valence-corrected chi connectivity index (χ2v) is 5.04. The summed E-state index contributed by atoms with van der Waals surface area (Å²) in [6.07, 6.45) is -0.235. The highest BCUT2D eigenvalue weighted by Gasteiger charge is 2.16. The molecule has 0 aromatic heterocycles. The zero-order valence-electron chi connectivity index (χ0n) is 13.0. The third-order valence-electron chi connectivity index (χ3n) is 3.22. The number of Topliss-reactive ketones (excluding diaryl/α,β-unsaturated/α-hetero) is 1. The highest BCUT2D eigenvalue weighted by atomic mass is 16.5. The fourth-order valence-electron chi connectivity index (χ4n) is 2.16. The van der Waals surface area contributed by atoms with Crippen LogP contribution in [0.5, 0.6) is 0 Å². The number of ketones is 1. The first-order valence-electron chi connectivity index (χ1n) is 7.08. The summed E-state index contributed by atoms with van der Waals surface area (Å²) >= 11 is 0. The maximum absolute atomic E-state index is 12.0. The largest absolute Gasteiger partial charge is 0.465 e. The number of carbonyl (C=O) groups excluding carboxylic acids is 3. The first kappa shape index (κ1) is 16.4. The molecule has 0 fully saturated rings. The van der Waals surface area contributed by atoms with E-state index in [2.05, 4.69) is 5.32 Å². The van der Waals surface area contributed by atoms with Gasteiger partial charge in [0, 0.05) is 0 Å². The Hall–Kier alpha value is -2.95. The molecule has 5 heteroatoms. The summed E-state index contributed by atoms with van der Waals surface area (Å²) in [6.45, 7) is 1.33. The summed E-state index contributed by atoms with van der Waals surface area (Å²) in [6, 6.07) is 14.6. The summed E-state index contributed by atoms with van der Waals surface area (Å²) < 4.78 is 4.77. The average molecular weight is 311 g/mol. The van der Waals surface area contributed by atoms with Gasteiger partial charge in [0.1, 0.15) is 5.78 Å². The maximum Gasteiger partial charge on any atom is 0.339 e. The molecule has 2 aromatic carbocycles. The predicted octanol–water partition coefficient (Wildman–Crippen LogP) is 3.06. The molecule has 0 bridgehead atoms. The molecule has 5 nitrogen and oxygen atoms in total. The van der Waals surface area contributed by atoms with E-state index in [1.165, 1.54) is 14.0 Å². The van der Waals surface area contributed by atoms with E-state index in [0.29, 0.717) is 5.69 Å². The standard InChI is InChI=1S/C18H17NO4/c1-12(20)10-17(21)19-16-9-8-14(11-15(16)18(22)23-2)13-6-4-3-5-7-13/h3-9,11H,10H2,1-2H3,(H,19,21). The Balaban J connectivity index is 2.37. The van der Waals surface area contributed by atoms with E-state index in [1.54, 1.807) is 18.2 Å². The van der Waals surface area contributed by atoms with E-state index in [0.717, 1.165) is 11.1 Å². The molecule has 1 amide bonds. The minimum atomic E-state index is -0.555. The number of benzene rings is 2. The first-order valence-corrected chi connectivity index (χ1v) is 7.08. The fourth-order valence-corrected chi connectivity index (χ4v) is 2.16. The highest BCUT2D eigenvalue weighted by molar-refractivity contribution is 6.07. The summed E-state index contributed by atoms with van der Waals surface area (Å²) in [4.78, 5) is 34.7. The van der Waals surface area contributed by atoms with Gasteiger partial charge in [0.25, 0.3) is 0 Å². The number of nitrogens with one attached hydrogen (secondary N) is 1. The van der Waals surface area contributed by atoms with Gasteiger partial charge < -0.3 is 10.1 Å². The van der Waals surface area contributed by atoms with Crippen LogP contribution in [0.2, 0.25) is 0 Å². The second kappa shape index (κ2) is 7.35. The number of methoxy groups -OCH3 is 1. The lowest BCUT2D eigenvalue weighted by atomic mass is 10.0. The van der Waals surface area contributed by atoms with Gasteiger partial charge in [-0.05, 0) is 30.2 Å². The van der Waals surface area contributed by atoms with Crippen LogP contribution in [-0.4, -0.2) is 24.8 Å². The van der Waals surface area contributed by atoms with Crippen molar-refractivity contribution in [1.29, 1.82) is 0 Å². The minimum absolute atomic E-state index is 0.235. The molecule has 23 heavy (non-hydrogen) atoms. The third-order valence-corrected chi connectivity index (χ3v) is 3.22. The molecule has 0 atom stereocenters. The number of amides is 1. The van der Waals surface area contributed by atoms with E-state index >= 15 is 0 Å². The molecule has 118 valence electrons. The van der Waals surface area contributed by atoms with Crippen LogP contribution in [0.25, 0.3) is 11.1 Å². The normalized spacial score (nSPS) is 10.0. The first-order chi connectivity index (χ1) is 11.0. The second-order valence-electron chi connectivity index (χ2n) is 5.04. The van der Waals surface area contributed by atoms with Crippen LogP contribution in [0.4, 0.5) is 5.69 Å². The van der Waals surface area contributed by atoms with Gasteiger partial charge >= 0.3 is 5.97 Å². The topological polar surface area (TPSA) is 72.5 Å². The average Bonchev–Trinajstić information content (AvgIpc) is 2.54. The maximum atomic E-state index is 12.0. The van der Waals surface area contributed by atoms with E-state index in [1.807, 2.05) is 30.3 Å². The van der Waals surface area contributed by atoms with E-state index in [-0.39, 0.29) is 17.8 Å². The Morgan fingerprint density at radius 2 is 1.70 bits per heavy atom. The van der Waals surface area contributed by atoms with Crippen LogP contribution >= 0.6 is 0 Å². The Bertz CT molecular complexity index is 738. The van der Waals surface area contributed by atoms with Crippen molar-refractivity contribution in [3.8, 4) is 11.1 Å². The molecule has 0 spiro atoms. The molecule has 0 aliphatic rings. The Labute approximate surface area is 134 Å². The molecular weight excluding hydrogens is 294 g/mol. The quantitative estimate of drug-likeness (QED) is 0.680. The van der Waals surface area contributed by atoms with Gasteiger partial charge in [-0.25, -0.2) is 4.79 Å². The zero-order chi connectivity index (χ0) is 16.8. The lowest BCUT2D eigenvalue weighted by molar-refractivity contribution is -0.124. The van der Waals surface area contributed by atoms with Crippen molar-refractivity contribution in [3.63, 3.8) is 0 Å². The molecule has 0 unspecified atom stereocenters. The number of ether oxygens (including phenoxy) is 1. The van der Waals surface area contributed by atoms with Crippen molar-refractivity contribution in [1.82, 2.24) is 0 Å². The fraction of sp³-hybridized carbons (Fsp3) is 0.167. The zero-order valence-corrected chi connectivity index (χ0v) is 13.0. The van der Waals surface area contributed by atoms with Crippen molar-refractivity contribution >= 4 is 23.3 Å².